The molecule has 1 aromatic carbocycles. The Morgan fingerprint density at radius 2 is 1.95 bits per heavy atom. The van der Waals surface area contributed by atoms with Crippen LogP contribution in [0.15, 0.2) is 18.2 Å². The van der Waals surface area contributed by atoms with E-state index < -0.39 is 24.1 Å². The molecule has 0 saturated carbocycles. The molecule has 1 aliphatic heterocycles. The Bertz CT molecular complexity index is 612. The number of hydrogen-bond donors (Lipinski definition) is 1. The van der Waals surface area contributed by atoms with Gasteiger partial charge in [-0.3, -0.25) is 14.5 Å². The molecule has 0 fully saturated rings. The summed E-state index contributed by atoms with van der Waals surface area (Å²) in [6.45, 7) is -0.327. The number of rotatable bonds is 1. The highest BCUT2D eigenvalue weighted by molar-refractivity contribution is 6.06. The van der Waals surface area contributed by atoms with Crippen LogP contribution in [0, 0.1) is 0 Å². The number of nitrogens with one attached hydrogen (secondary N) is 1. The summed E-state index contributed by atoms with van der Waals surface area (Å²) in [5.41, 5.74) is 0.0532. The maximum Gasteiger partial charge on any atom is 0.471 e. The summed E-state index contributed by atoms with van der Waals surface area (Å²) in [7, 11) is 0. The monoisotopic (exact) mass is 287 g/mol. The zero-order valence-corrected chi connectivity index (χ0v) is 9.65. The lowest BCUT2D eigenvalue weighted by Gasteiger charge is -2.14. The zero-order valence-electron chi connectivity index (χ0n) is 9.65. The molecular weight excluding hydrogens is 281 g/mol. The highest BCUT2D eigenvalue weighted by Gasteiger charge is 2.39. The Labute approximate surface area is 109 Å². The fourth-order valence-electron chi connectivity index (χ4n) is 1.75. The van der Waals surface area contributed by atoms with Gasteiger partial charge in [0.2, 0.25) is 0 Å². The summed E-state index contributed by atoms with van der Waals surface area (Å²) in [6.07, 6.45) is -6.74. The average molecular weight is 287 g/mol. The zero-order chi connectivity index (χ0) is 15.1. The van der Waals surface area contributed by atoms with E-state index in [1.54, 1.807) is 5.32 Å². The summed E-state index contributed by atoms with van der Waals surface area (Å²) in [5.74, 6) is -2.97. The van der Waals surface area contributed by atoms with E-state index in [0.717, 1.165) is 18.2 Å². The quantitative estimate of drug-likeness (QED) is 0.813. The molecule has 0 bridgehead atoms. The van der Waals surface area contributed by atoms with Crippen molar-refractivity contribution in [3.05, 3.63) is 29.3 Å². The van der Waals surface area contributed by atoms with Crippen LogP contribution in [0.3, 0.4) is 0 Å². The van der Waals surface area contributed by atoms with Gasteiger partial charge in [-0.2, -0.15) is 13.2 Å². The number of halogens is 3. The van der Waals surface area contributed by atoms with Crippen LogP contribution in [0.5, 0.6) is 0 Å². The molecule has 0 aromatic heterocycles. The standard InChI is InChI=1S/C11H7F3N2O4/c12-11(13,14)9(18)15-6-1-2-7-5(3-6)4-16(8(7)17)10(19)20/h1-3H,4H2,(H,15,18)(H,19,20)/p-1. The van der Waals surface area contributed by atoms with Crippen molar-refractivity contribution < 1.29 is 32.7 Å². The van der Waals surface area contributed by atoms with Gasteiger partial charge in [-0.25, -0.2) is 0 Å². The van der Waals surface area contributed by atoms with Crippen LogP contribution in [0.1, 0.15) is 15.9 Å². The molecule has 0 atom stereocenters. The van der Waals surface area contributed by atoms with Gasteiger partial charge in [0.25, 0.3) is 5.91 Å². The number of anilines is 1. The van der Waals surface area contributed by atoms with Gasteiger partial charge in [0, 0.05) is 11.3 Å². The van der Waals surface area contributed by atoms with E-state index in [4.69, 9.17) is 0 Å². The number of hydrogen-bond acceptors (Lipinski definition) is 4. The third kappa shape index (κ3) is 2.42. The number of carboxylic acid groups (broad SMARTS) is 1. The van der Waals surface area contributed by atoms with Crippen LogP contribution in [-0.4, -0.2) is 29.0 Å². The smallest absolute Gasteiger partial charge is 0.471 e. The molecule has 1 heterocycles. The minimum atomic E-state index is -5.04. The summed E-state index contributed by atoms with van der Waals surface area (Å²) < 4.78 is 36.2. The van der Waals surface area contributed by atoms with Gasteiger partial charge in [-0.05, 0) is 23.8 Å². The number of imide groups is 1. The second-order valence-electron chi connectivity index (χ2n) is 3.98. The van der Waals surface area contributed by atoms with Gasteiger partial charge in [0.05, 0.1) is 6.54 Å². The predicted molar refractivity (Wildman–Crippen MR) is 56.4 cm³/mol. The highest BCUT2D eigenvalue weighted by Crippen LogP contribution is 2.26. The van der Waals surface area contributed by atoms with Crippen molar-refractivity contribution in [1.29, 1.82) is 0 Å². The molecule has 1 N–H and O–H groups in total. The van der Waals surface area contributed by atoms with Gasteiger partial charge in [0.15, 0.2) is 0 Å². The number of benzene rings is 1. The molecule has 0 spiro atoms. The fourth-order valence-corrected chi connectivity index (χ4v) is 1.75. The Balaban J connectivity index is 2.24. The molecule has 1 aromatic rings. The van der Waals surface area contributed by atoms with Crippen LogP contribution in [0.2, 0.25) is 0 Å². The number of alkyl halides is 3. The van der Waals surface area contributed by atoms with Gasteiger partial charge in [0.1, 0.15) is 6.09 Å². The number of amides is 3. The minimum absolute atomic E-state index is 0.0409. The summed E-state index contributed by atoms with van der Waals surface area (Å²) in [4.78, 5) is 33.4. The second-order valence-corrected chi connectivity index (χ2v) is 3.98. The van der Waals surface area contributed by atoms with Crippen molar-refractivity contribution in [2.45, 2.75) is 12.7 Å². The Morgan fingerprint density at radius 3 is 2.50 bits per heavy atom. The summed E-state index contributed by atoms with van der Waals surface area (Å²) >= 11 is 0. The number of carbonyl (C=O) groups is 3. The summed E-state index contributed by atoms with van der Waals surface area (Å²) in [6, 6.07) is 3.34. The van der Waals surface area contributed by atoms with Crippen molar-refractivity contribution >= 4 is 23.6 Å². The molecule has 0 saturated heterocycles. The first-order chi connectivity index (χ1) is 9.20. The largest absolute Gasteiger partial charge is 0.530 e. The maximum atomic E-state index is 12.1. The van der Waals surface area contributed by atoms with E-state index in [2.05, 4.69) is 0 Å². The van der Waals surface area contributed by atoms with Crippen LogP contribution >= 0.6 is 0 Å². The molecule has 1 aliphatic rings. The van der Waals surface area contributed by atoms with Crippen molar-refractivity contribution in [2.75, 3.05) is 5.32 Å². The lowest BCUT2D eigenvalue weighted by molar-refractivity contribution is -0.261. The SMILES string of the molecule is O=C([O-])N1Cc2cc(NC(=O)C(F)(F)F)ccc2C1=O. The van der Waals surface area contributed by atoms with E-state index in [-0.39, 0.29) is 23.4 Å². The predicted octanol–water partition coefficient (Wildman–Crippen LogP) is 0.486. The molecule has 0 unspecified atom stereocenters. The molecular formula is C11H6F3N2O4-. The normalized spacial score (nSPS) is 14.2. The van der Waals surface area contributed by atoms with Gasteiger partial charge < -0.3 is 15.2 Å². The van der Waals surface area contributed by atoms with Crippen molar-refractivity contribution in [2.24, 2.45) is 0 Å². The first-order valence-electron chi connectivity index (χ1n) is 5.24. The molecule has 6 nitrogen and oxygen atoms in total. The third-order valence-corrected chi connectivity index (χ3v) is 2.64. The van der Waals surface area contributed by atoms with Crippen LogP contribution in [0.25, 0.3) is 0 Å². The first-order valence-corrected chi connectivity index (χ1v) is 5.24. The fraction of sp³-hybridized carbons (Fsp3) is 0.182. The molecule has 20 heavy (non-hydrogen) atoms. The molecule has 0 radical (unpaired) electrons. The summed E-state index contributed by atoms with van der Waals surface area (Å²) in [5, 5.41) is 12.3. The van der Waals surface area contributed by atoms with E-state index in [0.29, 0.717) is 4.90 Å². The van der Waals surface area contributed by atoms with Crippen LogP contribution in [0.4, 0.5) is 23.7 Å². The van der Waals surface area contributed by atoms with E-state index in [1.807, 2.05) is 0 Å². The van der Waals surface area contributed by atoms with Crippen LogP contribution in [-0.2, 0) is 11.3 Å². The van der Waals surface area contributed by atoms with E-state index in [1.165, 1.54) is 0 Å². The first kappa shape index (κ1) is 13.8. The lowest BCUT2D eigenvalue weighted by atomic mass is 10.1. The molecule has 9 heteroatoms. The minimum Gasteiger partial charge on any atom is -0.530 e. The maximum absolute atomic E-state index is 12.1. The third-order valence-electron chi connectivity index (χ3n) is 2.64. The Hall–Kier alpha value is -2.58. The molecule has 0 aliphatic carbocycles. The topological polar surface area (TPSA) is 89.5 Å². The number of carbonyl (C=O) groups excluding carboxylic acids is 3. The molecule has 106 valence electrons. The highest BCUT2D eigenvalue weighted by atomic mass is 19.4. The lowest BCUT2D eigenvalue weighted by Crippen LogP contribution is -2.41. The van der Waals surface area contributed by atoms with E-state index >= 15 is 0 Å². The second kappa shape index (κ2) is 4.51. The van der Waals surface area contributed by atoms with Crippen molar-refractivity contribution in [3.63, 3.8) is 0 Å². The molecule has 3 amide bonds. The van der Waals surface area contributed by atoms with Crippen molar-refractivity contribution in [1.82, 2.24) is 4.90 Å². The van der Waals surface area contributed by atoms with Crippen molar-refractivity contribution in [3.8, 4) is 0 Å². The Kier molecular flexibility index (Phi) is 3.12. The Morgan fingerprint density at radius 1 is 1.30 bits per heavy atom. The molecule has 2 rings (SSSR count). The van der Waals surface area contributed by atoms with Crippen LogP contribution < -0.4 is 10.4 Å². The average Bonchev–Trinajstić information content (AvgIpc) is 2.65. The van der Waals surface area contributed by atoms with Gasteiger partial charge in [-0.15, -0.1) is 0 Å². The van der Waals surface area contributed by atoms with Gasteiger partial charge >= 0.3 is 12.1 Å². The van der Waals surface area contributed by atoms with Gasteiger partial charge in [-0.1, -0.05) is 0 Å². The number of fused-ring (bicyclic) bond motifs is 1. The van der Waals surface area contributed by atoms with E-state index in [9.17, 15) is 32.7 Å². The number of nitrogens with zero attached hydrogens (tertiary/aromatic N) is 1.